The van der Waals surface area contributed by atoms with Crippen molar-refractivity contribution in [2.45, 2.75) is 24.2 Å². The molecule has 7 heteroatoms. The van der Waals surface area contributed by atoms with Gasteiger partial charge in [-0.15, -0.1) is 0 Å². The van der Waals surface area contributed by atoms with Crippen LogP contribution in [0.3, 0.4) is 0 Å². The zero-order chi connectivity index (χ0) is 16.6. The van der Waals surface area contributed by atoms with E-state index in [1.54, 1.807) is 12.1 Å². The molecule has 0 saturated carbocycles. The molecule has 0 unspecified atom stereocenters. The molecule has 2 aromatic rings. The molecule has 120 valence electrons. The van der Waals surface area contributed by atoms with Crippen molar-refractivity contribution in [3.63, 3.8) is 0 Å². The maximum Gasteiger partial charge on any atom is 0.261 e. The summed E-state index contributed by atoms with van der Waals surface area (Å²) in [5, 5.41) is 0.194. The van der Waals surface area contributed by atoms with Crippen LogP contribution in [0.25, 0.3) is 0 Å². The summed E-state index contributed by atoms with van der Waals surface area (Å²) in [6, 6.07) is 9.32. The first-order valence-corrected chi connectivity index (χ1v) is 8.97. The first-order chi connectivity index (χ1) is 10.9. The molecule has 0 aromatic heterocycles. The predicted octanol–water partition coefficient (Wildman–Crippen LogP) is 2.73. The zero-order valence-electron chi connectivity index (χ0n) is 12.2. The molecule has 3 N–H and O–H groups in total. The average molecular weight is 351 g/mol. The van der Waals surface area contributed by atoms with E-state index >= 15 is 0 Å². The number of anilines is 1. The number of aryl methyl sites for hydroxylation is 2. The topological polar surface area (TPSA) is 89.3 Å². The van der Waals surface area contributed by atoms with Crippen molar-refractivity contribution in [2.75, 3.05) is 4.72 Å². The third kappa shape index (κ3) is 3.18. The maximum atomic E-state index is 12.5. The Kier molecular flexibility index (Phi) is 4.04. The molecule has 0 saturated heterocycles. The normalized spacial score (nSPS) is 13.6. The van der Waals surface area contributed by atoms with Gasteiger partial charge in [0.1, 0.15) is 0 Å². The summed E-state index contributed by atoms with van der Waals surface area (Å²) < 4.78 is 27.5. The molecule has 1 aliphatic carbocycles. The van der Waals surface area contributed by atoms with Crippen molar-refractivity contribution in [1.29, 1.82) is 0 Å². The van der Waals surface area contributed by atoms with E-state index in [0.29, 0.717) is 0 Å². The lowest BCUT2D eigenvalue weighted by atomic mass is 10.1. The number of primary amides is 1. The fourth-order valence-electron chi connectivity index (χ4n) is 2.68. The van der Waals surface area contributed by atoms with E-state index in [4.69, 9.17) is 17.3 Å². The summed E-state index contributed by atoms with van der Waals surface area (Å²) >= 11 is 6.01. The first-order valence-electron chi connectivity index (χ1n) is 7.11. The molecule has 0 aliphatic heterocycles. The number of nitrogens with one attached hydrogen (secondary N) is 1. The zero-order valence-corrected chi connectivity index (χ0v) is 13.7. The Labute approximate surface area is 139 Å². The number of hydrogen-bond acceptors (Lipinski definition) is 3. The molecule has 0 bridgehead atoms. The van der Waals surface area contributed by atoms with Gasteiger partial charge in [0.2, 0.25) is 5.91 Å². The minimum Gasteiger partial charge on any atom is -0.366 e. The number of sulfonamides is 1. The Bertz CT molecular complexity index is 894. The smallest absolute Gasteiger partial charge is 0.261 e. The Balaban J connectivity index is 1.95. The molecule has 0 fully saturated rings. The number of nitrogens with two attached hydrogens (primary N) is 1. The summed E-state index contributed by atoms with van der Waals surface area (Å²) in [6.45, 7) is 0. The van der Waals surface area contributed by atoms with Crippen LogP contribution in [0.15, 0.2) is 41.3 Å². The van der Waals surface area contributed by atoms with Crippen molar-refractivity contribution >= 4 is 33.2 Å². The highest BCUT2D eigenvalue weighted by atomic mass is 35.5. The second-order valence-electron chi connectivity index (χ2n) is 5.45. The van der Waals surface area contributed by atoms with E-state index < -0.39 is 15.9 Å². The second kappa shape index (κ2) is 5.86. The van der Waals surface area contributed by atoms with Gasteiger partial charge in [0, 0.05) is 5.56 Å². The number of fused-ring (bicyclic) bond motifs is 1. The van der Waals surface area contributed by atoms with E-state index in [2.05, 4.69) is 4.72 Å². The summed E-state index contributed by atoms with van der Waals surface area (Å²) in [5.41, 5.74) is 7.77. The lowest BCUT2D eigenvalue weighted by Gasteiger charge is -2.11. The summed E-state index contributed by atoms with van der Waals surface area (Å²) in [6.07, 6.45) is 2.91. The average Bonchev–Trinajstić information content (AvgIpc) is 2.96. The molecule has 1 amide bonds. The van der Waals surface area contributed by atoms with E-state index in [0.717, 1.165) is 24.8 Å². The molecule has 1 aliphatic rings. The van der Waals surface area contributed by atoms with Gasteiger partial charge in [-0.1, -0.05) is 17.7 Å². The highest BCUT2D eigenvalue weighted by Gasteiger charge is 2.20. The number of carbonyl (C=O) groups is 1. The van der Waals surface area contributed by atoms with Crippen LogP contribution in [0.1, 0.15) is 27.9 Å². The Hall–Kier alpha value is -2.05. The largest absolute Gasteiger partial charge is 0.366 e. The SMILES string of the molecule is NC(=O)c1ccc(Cl)c(NS(=O)(=O)c2ccc3c(c2)CCC3)c1. The molecule has 5 nitrogen and oxygen atoms in total. The van der Waals surface area contributed by atoms with Crippen LogP contribution in [0.5, 0.6) is 0 Å². The Morgan fingerprint density at radius 3 is 2.57 bits per heavy atom. The molecular weight excluding hydrogens is 336 g/mol. The molecule has 23 heavy (non-hydrogen) atoms. The van der Waals surface area contributed by atoms with E-state index in [1.165, 1.54) is 23.8 Å². The van der Waals surface area contributed by atoms with Crippen molar-refractivity contribution in [1.82, 2.24) is 0 Å². The first kappa shape index (κ1) is 15.8. The standard InChI is InChI=1S/C16H15ClN2O3S/c17-14-7-5-12(16(18)20)9-15(14)19-23(21,22)13-6-4-10-2-1-3-11(10)8-13/h4-9,19H,1-3H2,(H2,18,20). The number of amides is 1. The summed E-state index contributed by atoms with van der Waals surface area (Å²) in [7, 11) is -3.79. The molecule has 0 radical (unpaired) electrons. The molecule has 2 aromatic carbocycles. The van der Waals surface area contributed by atoms with Crippen LogP contribution in [-0.4, -0.2) is 14.3 Å². The minimum absolute atomic E-state index is 0.128. The summed E-state index contributed by atoms with van der Waals surface area (Å²) in [4.78, 5) is 11.4. The van der Waals surface area contributed by atoms with Gasteiger partial charge in [-0.2, -0.15) is 0 Å². The summed E-state index contributed by atoms with van der Waals surface area (Å²) in [5.74, 6) is -0.653. The third-order valence-corrected chi connectivity index (χ3v) is 5.57. The quantitative estimate of drug-likeness (QED) is 0.888. The monoisotopic (exact) mass is 350 g/mol. The predicted molar refractivity (Wildman–Crippen MR) is 89.2 cm³/mol. The highest BCUT2D eigenvalue weighted by molar-refractivity contribution is 7.92. The number of benzene rings is 2. The fourth-order valence-corrected chi connectivity index (χ4v) is 4.02. The fraction of sp³-hybridized carbons (Fsp3) is 0.188. The van der Waals surface area contributed by atoms with Crippen LogP contribution < -0.4 is 10.5 Å². The van der Waals surface area contributed by atoms with Crippen LogP contribution in [0.4, 0.5) is 5.69 Å². The van der Waals surface area contributed by atoms with Gasteiger partial charge in [-0.3, -0.25) is 9.52 Å². The number of halogens is 1. The maximum absolute atomic E-state index is 12.5. The van der Waals surface area contributed by atoms with Crippen molar-refractivity contribution in [3.8, 4) is 0 Å². The highest BCUT2D eigenvalue weighted by Crippen LogP contribution is 2.28. The molecule has 0 atom stereocenters. The molecule has 0 heterocycles. The Morgan fingerprint density at radius 1 is 1.09 bits per heavy atom. The van der Waals surface area contributed by atoms with Crippen LogP contribution in [0, 0.1) is 0 Å². The third-order valence-electron chi connectivity index (χ3n) is 3.88. The minimum atomic E-state index is -3.79. The van der Waals surface area contributed by atoms with Gasteiger partial charge in [0.15, 0.2) is 0 Å². The van der Waals surface area contributed by atoms with Gasteiger partial charge < -0.3 is 5.73 Å². The molecular formula is C16H15ClN2O3S. The molecule has 3 rings (SSSR count). The lowest BCUT2D eigenvalue weighted by Crippen LogP contribution is -2.15. The van der Waals surface area contributed by atoms with Crippen molar-refractivity contribution in [2.24, 2.45) is 5.73 Å². The van der Waals surface area contributed by atoms with Crippen LogP contribution in [0.2, 0.25) is 5.02 Å². The van der Waals surface area contributed by atoms with Gasteiger partial charge >= 0.3 is 0 Å². The van der Waals surface area contributed by atoms with Crippen LogP contribution >= 0.6 is 11.6 Å². The van der Waals surface area contributed by atoms with Gasteiger partial charge in [-0.05, 0) is 60.7 Å². The van der Waals surface area contributed by atoms with Gasteiger partial charge in [0.25, 0.3) is 10.0 Å². The number of hydrogen-bond donors (Lipinski definition) is 2. The van der Waals surface area contributed by atoms with Crippen molar-refractivity contribution in [3.05, 3.63) is 58.1 Å². The Morgan fingerprint density at radius 2 is 1.83 bits per heavy atom. The van der Waals surface area contributed by atoms with E-state index in [9.17, 15) is 13.2 Å². The van der Waals surface area contributed by atoms with Gasteiger partial charge in [-0.25, -0.2) is 8.42 Å². The molecule has 0 spiro atoms. The lowest BCUT2D eigenvalue weighted by molar-refractivity contribution is 0.100. The van der Waals surface area contributed by atoms with E-state index in [-0.39, 0.29) is 21.2 Å². The number of rotatable bonds is 4. The van der Waals surface area contributed by atoms with Crippen LogP contribution in [-0.2, 0) is 22.9 Å². The van der Waals surface area contributed by atoms with Crippen molar-refractivity contribution < 1.29 is 13.2 Å². The van der Waals surface area contributed by atoms with Gasteiger partial charge in [0.05, 0.1) is 15.6 Å². The second-order valence-corrected chi connectivity index (χ2v) is 7.54. The number of carbonyl (C=O) groups excluding carboxylic acids is 1. The van der Waals surface area contributed by atoms with E-state index in [1.807, 2.05) is 6.07 Å².